The molecule has 8 nitrogen and oxygen atoms in total. The van der Waals surface area contributed by atoms with E-state index in [2.05, 4.69) is 0 Å². The Labute approximate surface area is 254 Å². The molecular weight excluding hydrogens is 658 g/mol. The molecule has 0 unspecified atom stereocenters. The van der Waals surface area contributed by atoms with Crippen molar-refractivity contribution in [1.82, 2.24) is 4.31 Å². The monoisotopic (exact) mass is 680 g/mol. The van der Waals surface area contributed by atoms with Gasteiger partial charge in [-0.05, 0) is 48.0 Å². The van der Waals surface area contributed by atoms with Crippen molar-refractivity contribution < 1.29 is 43.2 Å². The van der Waals surface area contributed by atoms with Crippen LogP contribution in [0.4, 0.5) is 37.7 Å². The van der Waals surface area contributed by atoms with Crippen molar-refractivity contribution >= 4 is 55.4 Å². The van der Waals surface area contributed by atoms with Crippen LogP contribution in [0, 0.1) is 0 Å². The highest BCUT2D eigenvalue weighted by molar-refractivity contribution is 7.92. The predicted octanol–water partition coefficient (Wildman–Crippen LogP) is 5.45. The zero-order valence-electron chi connectivity index (χ0n) is 22.3. The molecular formula is C27H23ClF6N4O4S2. The Morgan fingerprint density at radius 1 is 0.818 bits per heavy atom. The van der Waals surface area contributed by atoms with Gasteiger partial charge in [0.05, 0.1) is 40.0 Å². The van der Waals surface area contributed by atoms with Crippen LogP contribution in [0.15, 0.2) is 65.6 Å². The minimum absolute atomic E-state index is 0.0104. The van der Waals surface area contributed by atoms with Gasteiger partial charge < -0.3 is 4.90 Å². The van der Waals surface area contributed by atoms with Crippen LogP contribution in [0.2, 0.25) is 5.02 Å². The Morgan fingerprint density at radius 3 is 2.18 bits per heavy atom. The van der Waals surface area contributed by atoms with E-state index in [1.165, 1.54) is 30.3 Å². The van der Waals surface area contributed by atoms with E-state index in [1.54, 1.807) is 4.90 Å². The third kappa shape index (κ3) is 6.26. The summed E-state index contributed by atoms with van der Waals surface area (Å²) in [6.45, 7) is -0.437. The van der Waals surface area contributed by atoms with Gasteiger partial charge in [0.25, 0.3) is 20.2 Å². The van der Waals surface area contributed by atoms with Gasteiger partial charge >= 0.3 is 12.4 Å². The molecule has 0 aromatic heterocycles. The van der Waals surface area contributed by atoms with Gasteiger partial charge in [-0.25, -0.2) is 13.6 Å². The molecule has 1 saturated heterocycles. The van der Waals surface area contributed by atoms with Crippen LogP contribution in [-0.2, 0) is 32.6 Å². The molecule has 3 aromatic rings. The summed E-state index contributed by atoms with van der Waals surface area (Å²) in [5.41, 5.74) is -1.84. The maximum atomic E-state index is 13.9. The number of rotatable bonds is 5. The lowest BCUT2D eigenvalue weighted by molar-refractivity contribution is -0.138. The Balaban J connectivity index is 1.62. The Kier molecular flexibility index (Phi) is 8.20. The fourth-order valence-electron chi connectivity index (χ4n) is 5.23. The predicted molar refractivity (Wildman–Crippen MR) is 154 cm³/mol. The van der Waals surface area contributed by atoms with Crippen LogP contribution in [-0.4, -0.2) is 53.4 Å². The average molecular weight is 681 g/mol. The Morgan fingerprint density at radius 2 is 1.52 bits per heavy atom. The van der Waals surface area contributed by atoms with Crippen LogP contribution < -0.4 is 14.3 Å². The van der Waals surface area contributed by atoms with Crippen LogP contribution >= 0.6 is 11.6 Å². The van der Waals surface area contributed by atoms with Gasteiger partial charge in [0.1, 0.15) is 0 Å². The average Bonchev–Trinajstić information content (AvgIpc) is 2.94. The molecule has 0 saturated carbocycles. The van der Waals surface area contributed by atoms with E-state index in [-0.39, 0.29) is 48.0 Å². The van der Waals surface area contributed by atoms with Crippen molar-refractivity contribution in [2.75, 3.05) is 35.4 Å². The number of halogens is 7. The van der Waals surface area contributed by atoms with Crippen molar-refractivity contribution in [2.24, 2.45) is 5.14 Å². The molecule has 44 heavy (non-hydrogen) atoms. The largest absolute Gasteiger partial charge is 0.417 e. The first-order valence-electron chi connectivity index (χ1n) is 12.8. The number of piperazine rings is 1. The van der Waals surface area contributed by atoms with Gasteiger partial charge in [-0.2, -0.15) is 39.1 Å². The number of hydrogen-bond acceptors (Lipinski definition) is 5. The lowest BCUT2D eigenvalue weighted by atomic mass is 10.0. The smallest absolute Gasteiger partial charge is 0.362 e. The summed E-state index contributed by atoms with van der Waals surface area (Å²) in [4.78, 5) is 1.11. The molecule has 0 bridgehead atoms. The summed E-state index contributed by atoms with van der Waals surface area (Å²) < 4.78 is 135. The van der Waals surface area contributed by atoms with Crippen LogP contribution in [0.5, 0.6) is 0 Å². The molecule has 3 aromatic carbocycles. The topological polar surface area (TPSA) is 104 Å². The molecule has 236 valence electrons. The molecule has 1 fully saturated rings. The van der Waals surface area contributed by atoms with Crippen molar-refractivity contribution in [3.63, 3.8) is 0 Å². The van der Waals surface area contributed by atoms with Gasteiger partial charge in [0.15, 0.2) is 0 Å². The lowest BCUT2D eigenvalue weighted by Gasteiger charge is -2.48. The molecule has 0 radical (unpaired) electrons. The Hall–Kier alpha value is -3.31. The summed E-state index contributed by atoms with van der Waals surface area (Å²) in [6.07, 6.45) is -7.09. The second-order valence-corrected chi connectivity index (χ2v) is 13.9. The maximum absolute atomic E-state index is 13.9. The van der Waals surface area contributed by atoms with Crippen molar-refractivity contribution in [3.05, 3.63) is 87.9 Å². The normalized spacial score (nSPS) is 18.4. The third-order valence-electron chi connectivity index (χ3n) is 7.31. The number of hydrogen-bond donors (Lipinski definition) is 1. The van der Waals surface area contributed by atoms with E-state index >= 15 is 0 Å². The molecule has 0 aliphatic carbocycles. The van der Waals surface area contributed by atoms with E-state index in [0.717, 1.165) is 45.0 Å². The van der Waals surface area contributed by atoms with Gasteiger partial charge in [0.2, 0.25) is 0 Å². The van der Waals surface area contributed by atoms with Crippen molar-refractivity contribution in [2.45, 2.75) is 23.3 Å². The van der Waals surface area contributed by atoms with Gasteiger partial charge in [-0.1, -0.05) is 42.0 Å². The van der Waals surface area contributed by atoms with Crippen LogP contribution in [0.25, 0.3) is 12.2 Å². The highest BCUT2D eigenvalue weighted by Crippen LogP contribution is 2.42. The zero-order chi connectivity index (χ0) is 32.2. The number of anilines is 2. The SMILES string of the molecule is NS(=O)(=O)N1CCN2c3ccc(/C=C/c4c(Cl)cccc4C(F)(F)F)cc3N(S(=O)(=O)c3cccc(C(F)(F)F)c3)C[C@@H]2C1. The summed E-state index contributed by atoms with van der Waals surface area (Å²) >= 11 is 6.05. The zero-order valence-corrected chi connectivity index (χ0v) is 24.7. The molecule has 0 amide bonds. The first kappa shape index (κ1) is 32.1. The molecule has 2 aliphatic heterocycles. The van der Waals surface area contributed by atoms with Crippen molar-refractivity contribution in [1.29, 1.82) is 0 Å². The minimum Gasteiger partial charge on any atom is -0.362 e. The lowest BCUT2D eigenvalue weighted by Crippen LogP contribution is -2.62. The number of sulfonamides is 1. The first-order valence-corrected chi connectivity index (χ1v) is 16.1. The summed E-state index contributed by atoms with van der Waals surface area (Å²) in [7, 11) is -8.79. The number of nitrogens with zero attached hydrogens (tertiary/aromatic N) is 3. The first-order chi connectivity index (χ1) is 20.4. The number of fused-ring (bicyclic) bond motifs is 3. The molecule has 5 rings (SSSR count). The summed E-state index contributed by atoms with van der Waals surface area (Å²) in [6, 6.07) is 10.1. The molecule has 2 N–H and O–H groups in total. The van der Waals surface area contributed by atoms with E-state index in [0.29, 0.717) is 11.8 Å². The molecule has 1 atom stereocenters. The van der Waals surface area contributed by atoms with E-state index in [4.69, 9.17) is 16.7 Å². The summed E-state index contributed by atoms with van der Waals surface area (Å²) in [5, 5.41) is 5.13. The highest BCUT2D eigenvalue weighted by Gasteiger charge is 2.42. The standard InChI is InChI=1S/C27H23ClF6N4O4S2/c28-23-6-2-5-22(27(32,33)34)21(23)9-7-17-8-10-24-25(13-17)38(16-19-15-36(44(35,41)42)11-12-37(19)24)43(39,40)20-4-1-3-18(14-20)26(29,30)31/h1-10,13-14,19H,11-12,15-16H2,(H2,35,41,42)/b9-7+/t19-/m0/s1. The number of alkyl halides is 6. The molecule has 2 aliphatic rings. The van der Waals surface area contributed by atoms with Gasteiger partial charge in [0, 0.05) is 30.2 Å². The fourth-order valence-corrected chi connectivity index (χ4v) is 7.74. The maximum Gasteiger partial charge on any atom is 0.417 e. The number of nitrogens with two attached hydrogens (primary N) is 1. The number of benzene rings is 3. The van der Waals surface area contributed by atoms with Crippen LogP contribution in [0.1, 0.15) is 22.3 Å². The van der Waals surface area contributed by atoms with Crippen molar-refractivity contribution in [3.8, 4) is 0 Å². The quantitative estimate of drug-likeness (QED) is 0.285. The highest BCUT2D eigenvalue weighted by atomic mass is 35.5. The Bertz CT molecular complexity index is 1850. The minimum atomic E-state index is -4.83. The molecule has 17 heteroatoms. The van der Waals surface area contributed by atoms with Gasteiger partial charge in [-0.3, -0.25) is 4.31 Å². The third-order valence-corrected chi connectivity index (χ3v) is 10.5. The molecule has 2 heterocycles. The van der Waals surface area contributed by atoms with E-state index < -0.39 is 54.6 Å². The van der Waals surface area contributed by atoms with E-state index in [9.17, 15) is 43.2 Å². The second-order valence-electron chi connectivity index (χ2n) is 10.1. The molecule has 0 spiro atoms. The second kappa shape index (κ2) is 11.2. The van der Waals surface area contributed by atoms with E-state index in [1.807, 2.05) is 0 Å². The van der Waals surface area contributed by atoms with Crippen LogP contribution in [0.3, 0.4) is 0 Å². The summed E-state index contributed by atoms with van der Waals surface area (Å²) in [5.74, 6) is 0. The fraction of sp³-hybridized carbons (Fsp3) is 0.259. The van der Waals surface area contributed by atoms with Gasteiger partial charge in [-0.15, -0.1) is 0 Å².